The molecule has 0 saturated carbocycles. The average Bonchev–Trinajstić information content (AvgIpc) is 3.55. The molecule has 8 nitrogen and oxygen atoms in total. The quantitative estimate of drug-likeness (QED) is 0.185. The Bertz CT molecular complexity index is 1890. The third kappa shape index (κ3) is 7.51. The molecule has 0 aliphatic rings. The second kappa shape index (κ2) is 13.3. The number of benzene rings is 3. The summed E-state index contributed by atoms with van der Waals surface area (Å²) in [6.45, 7) is 4.10. The van der Waals surface area contributed by atoms with Crippen LogP contribution in [0.15, 0.2) is 65.1 Å². The van der Waals surface area contributed by atoms with Gasteiger partial charge < -0.3 is 14.3 Å². The molecular weight excluding hydrogens is 647 g/mol. The van der Waals surface area contributed by atoms with Crippen molar-refractivity contribution in [2.24, 2.45) is 0 Å². The first-order chi connectivity index (χ1) is 21.6. The third-order valence-corrected chi connectivity index (χ3v) is 6.65. The van der Waals surface area contributed by atoms with Crippen LogP contribution in [0.2, 0.25) is 0 Å². The summed E-state index contributed by atoms with van der Waals surface area (Å²) in [6.07, 6.45) is -9.61. The maximum absolute atomic E-state index is 14.8. The molecule has 0 aliphatic heterocycles. The largest absolute Gasteiger partial charge is 0.573 e. The van der Waals surface area contributed by atoms with Gasteiger partial charge in [0, 0.05) is 29.3 Å². The molecule has 16 heteroatoms. The minimum atomic E-state index is -4.89. The number of rotatable bonds is 6. The fourth-order valence-electron chi connectivity index (χ4n) is 4.70. The van der Waals surface area contributed by atoms with Crippen molar-refractivity contribution in [2.75, 3.05) is 0 Å². The summed E-state index contributed by atoms with van der Waals surface area (Å²) in [5.74, 6) is -0.820. The Morgan fingerprint density at radius 3 is 2.07 bits per heavy atom. The van der Waals surface area contributed by atoms with E-state index in [0.717, 1.165) is 22.9 Å². The van der Waals surface area contributed by atoms with Gasteiger partial charge in [0.15, 0.2) is 17.3 Å². The molecule has 0 bridgehead atoms. The van der Waals surface area contributed by atoms with Crippen LogP contribution in [0.5, 0.6) is 5.75 Å². The molecule has 0 saturated heterocycles. The minimum absolute atomic E-state index is 0.119. The number of hydrogen-bond donors (Lipinski definition) is 1. The highest BCUT2D eigenvalue weighted by Gasteiger charge is 2.35. The molecule has 3 aromatic carbocycles. The van der Waals surface area contributed by atoms with Gasteiger partial charge in [-0.3, -0.25) is 0 Å². The Balaban J connectivity index is 0.00000154. The van der Waals surface area contributed by atoms with Crippen molar-refractivity contribution in [2.45, 2.75) is 39.9 Å². The summed E-state index contributed by atoms with van der Waals surface area (Å²) in [6, 6.07) is 13.3. The van der Waals surface area contributed by atoms with Crippen LogP contribution in [-0.4, -0.2) is 34.7 Å². The zero-order chi connectivity index (χ0) is 34.0. The Hall–Kier alpha value is -4.83. The first kappa shape index (κ1) is 34.1. The van der Waals surface area contributed by atoms with Gasteiger partial charge >= 0.3 is 24.1 Å². The van der Waals surface area contributed by atoms with Gasteiger partial charge in [-0.25, -0.2) is 14.1 Å². The smallest absolute Gasteiger partial charge is 0.440 e. The van der Waals surface area contributed by atoms with Crippen molar-refractivity contribution in [3.63, 3.8) is 0 Å². The predicted octanol–water partition coefficient (Wildman–Crippen LogP) is 7.67. The van der Waals surface area contributed by atoms with Gasteiger partial charge in [0.1, 0.15) is 17.3 Å². The van der Waals surface area contributed by atoms with Crippen molar-refractivity contribution in [3.05, 3.63) is 94.9 Å². The lowest BCUT2D eigenvalue weighted by Crippen LogP contribution is -2.16. The van der Waals surface area contributed by atoms with Crippen molar-refractivity contribution < 1.29 is 53.4 Å². The third-order valence-electron chi connectivity index (χ3n) is 6.65. The summed E-state index contributed by atoms with van der Waals surface area (Å²) in [4.78, 5) is 4.46. The number of nitrogens with zero attached hydrogens (tertiary/aromatic N) is 3. The standard InChI is InChI=1S/C30H22F7N3O3.O2S/c1-15-10-20(13-24(31)23(15)14-41)19-6-9-25(40-16(2)11-26(39-40)29(32,33)34)22(12-19)27-28(42-17(3)38-27)18-4-7-21(8-5-18)43-30(35,36)37;1-3-2/h4-13,41H,14H2,1-3H3;. The van der Waals surface area contributed by atoms with E-state index in [4.69, 9.17) is 12.8 Å². The maximum atomic E-state index is 14.8. The topological polar surface area (TPSA) is 107 Å². The van der Waals surface area contributed by atoms with Gasteiger partial charge in [0.25, 0.3) is 0 Å². The van der Waals surface area contributed by atoms with Crippen LogP contribution in [0.4, 0.5) is 30.7 Å². The van der Waals surface area contributed by atoms with Crippen LogP contribution >= 0.6 is 0 Å². The van der Waals surface area contributed by atoms with Crippen molar-refractivity contribution in [3.8, 4) is 45.1 Å². The molecular formula is C30H22F7N3O5S. The van der Waals surface area contributed by atoms with Crippen LogP contribution in [0.1, 0.15) is 28.4 Å². The van der Waals surface area contributed by atoms with E-state index < -0.39 is 48.0 Å². The van der Waals surface area contributed by atoms with Gasteiger partial charge in [-0.2, -0.15) is 26.7 Å². The number of hydrogen-bond acceptors (Lipinski definition) is 7. The summed E-state index contributed by atoms with van der Waals surface area (Å²) < 4.78 is 121. The Morgan fingerprint density at radius 2 is 1.52 bits per heavy atom. The number of aryl methyl sites for hydroxylation is 3. The monoisotopic (exact) mass is 669 g/mol. The predicted molar refractivity (Wildman–Crippen MR) is 151 cm³/mol. The fourth-order valence-corrected chi connectivity index (χ4v) is 4.70. The average molecular weight is 670 g/mol. The molecule has 0 spiro atoms. The van der Waals surface area contributed by atoms with Crippen LogP contribution < -0.4 is 4.74 Å². The van der Waals surface area contributed by atoms with Crippen LogP contribution in [0.3, 0.4) is 0 Å². The molecule has 1 N–H and O–H groups in total. The number of alkyl halides is 6. The van der Waals surface area contributed by atoms with E-state index in [2.05, 4.69) is 14.8 Å². The maximum Gasteiger partial charge on any atom is 0.573 e. The highest BCUT2D eigenvalue weighted by Crippen LogP contribution is 2.40. The van der Waals surface area contributed by atoms with Crippen molar-refractivity contribution >= 4 is 11.6 Å². The Kier molecular flexibility index (Phi) is 9.82. The van der Waals surface area contributed by atoms with E-state index >= 15 is 0 Å². The number of oxazole rings is 1. The summed E-state index contributed by atoms with van der Waals surface area (Å²) in [7, 11) is 0. The molecule has 0 unspecified atom stereocenters. The minimum Gasteiger partial charge on any atom is -0.440 e. The van der Waals surface area contributed by atoms with Crippen LogP contribution in [0, 0.1) is 26.6 Å². The molecule has 5 rings (SSSR count). The van der Waals surface area contributed by atoms with E-state index in [9.17, 15) is 35.8 Å². The SMILES string of the molecule is Cc1nc(-c2cc(-c3cc(C)c(CO)c(F)c3)ccc2-n2nc(C(F)(F)F)cc2C)c(-c2ccc(OC(F)(F)F)cc2)o1.O=S=O. The van der Waals surface area contributed by atoms with Gasteiger partial charge in [0.05, 0.1) is 12.3 Å². The van der Waals surface area contributed by atoms with E-state index in [-0.39, 0.29) is 39.9 Å². The Labute approximate surface area is 259 Å². The van der Waals surface area contributed by atoms with Crippen molar-refractivity contribution in [1.29, 1.82) is 0 Å². The molecule has 0 radical (unpaired) electrons. The first-order valence-corrected chi connectivity index (χ1v) is 13.7. The zero-order valence-electron chi connectivity index (χ0n) is 24.0. The first-order valence-electron chi connectivity index (χ1n) is 13.0. The van der Waals surface area contributed by atoms with Crippen LogP contribution in [0.25, 0.3) is 39.4 Å². The van der Waals surface area contributed by atoms with Gasteiger partial charge in [0.2, 0.25) is 0 Å². The summed E-state index contributed by atoms with van der Waals surface area (Å²) in [5, 5.41) is 13.3. The zero-order valence-corrected chi connectivity index (χ0v) is 24.8. The van der Waals surface area contributed by atoms with E-state index in [1.165, 1.54) is 38.1 Å². The summed E-state index contributed by atoms with van der Waals surface area (Å²) in [5.41, 5.74) is 1.45. The second-order valence-corrected chi connectivity index (χ2v) is 9.91. The molecule has 0 atom stereocenters. The molecule has 242 valence electrons. The van der Waals surface area contributed by atoms with E-state index in [0.29, 0.717) is 22.3 Å². The van der Waals surface area contributed by atoms with Gasteiger partial charge in [-0.15, -0.1) is 13.2 Å². The molecule has 0 fully saturated rings. The Morgan fingerprint density at radius 1 is 0.891 bits per heavy atom. The normalized spacial score (nSPS) is 11.6. The highest BCUT2D eigenvalue weighted by atomic mass is 32.1. The van der Waals surface area contributed by atoms with Crippen LogP contribution in [-0.2, 0) is 24.4 Å². The van der Waals surface area contributed by atoms with Crippen molar-refractivity contribution in [1.82, 2.24) is 14.8 Å². The van der Waals surface area contributed by atoms with Gasteiger partial charge in [-0.05, 0) is 79.1 Å². The highest BCUT2D eigenvalue weighted by molar-refractivity contribution is 7.51. The van der Waals surface area contributed by atoms with E-state index in [1.807, 2.05) is 0 Å². The number of aromatic nitrogens is 3. The molecule has 0 aliphatic carbocycles. The lowest BCUT2D eigenvalue weighted by atomic mass is 9.95. The fraction of sp³-hybridized carbons (Fsp3) is 0.200. The summed E-state index contributed by atoms with van der Waals surface area (Å²) >= 11 is -0.750. The molecule has 5 aromatic rings. The second-order valence-electron chi connectivity index (χ2n) is 9.77. The molecule has 46 heavy (non-hydrogen) atoms. The van der Waals surface area contributed by atoms with E-state index in [1.54, 1.807) is 25.1 Å². The molecule has 2 heterocycles. The lowest BCUT2D eigenvalue weighted by Gasteiger charge is -2.15. The molecule has 0 amide bonds. The number of halogens is 7. The lowest BCUT2D eigenvalue weighted by molar-refractivity contribution is -0.274. The number of aliphatic hydroxyl groups excluding tert-OH is 1. The number of ether oxygens (including phenoxy) is 1. The van der Waals surface area contributed by atoms with Gasteiger partial charge in [-0.1, -0.05) is 12.1 Å². The number of aliphatic hydroxyl groups is 1. The molecule has 2 aromatic heterocycles.